The van der Waals surface area contributed by atoms with E-state index < -0.39 is 5.91 Å². The Balaban J connectivity index is 1.79. The fourth-order valence-electron chi connectivity index (χ4n) is 3.17. The van der Waals surface area contributed by atoms with Gasteiger partial charge in [-0.1, -0.05) is 13.0 Å². The molecule has 0 unspecified atom stereocenters. The number of carbonyl (C=O) groups is 1. The van der Waals surface area contributed by atoms with Gasteiger partial charge in [0, 0.05) is 6.07 Å². The maximum atomic E-state index is 13.1. The summed E-state index contributed by atoms with van der Waals surface area (Å²) in [6, 6.07) is 8.71. The van der Waals surface area contributed by atoms with Gasteiger partial charge in [-0.3, -0.25) is 9.59 Å². The van der Waals surface area contributed by atoms with Crippen LogP contribution in [0.3, 0.4) is 0 Å². The molecule has 1 amide bonds. The van der Waals surface area contributed by atoms with Crippen molar-refractivity contribution in [2.75, 3.05) is 19.8 Å². The first-order valence-corrected chi connectivity index (χ1v) is 8.96. The Hall–Kier alpha value is -3.48. The summed E-state index contributed by atoms with van der Waals surface area (Å²) in [5, 5.41) is 0.440. The van der Waals surface area contributed by atoms with Gasteiger partial charge in [0.1, 0.15) is 30.8 Å². The van der Waals surface area contributed by atoms with Crippen molar-refractivity contribution in [3.05, 3.63) is 52.4 Å². The van der Waals surface area contributed by atoms with E-state index in [9.17, 15) is 9.59 Å². The highest BCUT2D eigenvalue weighted by Gasteiger charge is 2.17. The van der Waals surface area contributed by atoms with E-state index in [0.717, 1.165) is 5.56 Å². The summed E-state index contributed by atoms with van der Waals surface area (Å²) in [5.74, 6) is 1.17. The molecule has 28 heavy (non-hydrogen) atoms. The molecule has 0 aliphatic carbocycles. The number of amides is 1. The molecule has 2 N–H and O–H groups in total. The fraction of sp³-hybridized carbons (Fsp3) is 0.238. The summed E-state index contributed by atoms with van der Waals surface area (Å²) >= 11 is 0. The van der Waals surface area contributed by atoms with Gasteiger partial charge in [0.05, 0.1) is 10.9 Å². The number of hydrogen-bond acceptors (Lipinski definition) is 6. The lowest BCUT2D eigenvalue weighted by atomic mass is 10.0. The van der Waals surface area contributed by atoms with Crippen LogP contribution in [0.5, 0.6) is 17.2 Å². The minimum absolute atomic E-state index is 0.158. The van der Waals surface area contributed by atoms with Crippen LogP contribution in [0.15, 0.2) is 45.8 Å². The molecule has 2 aromatic carbocycles. The van der Waals surface area contributed by atoms with E-state index >= 15 is 0 Å². The summed E-state index contributed by atoms with van der Waals surface area (Å²) in [4.78, 5) is 24.1. The van der Waals surface area contributed by atoms with E-state index in [4.69, 9.17) is 24.4 Å². The van der Waals surface area contributed by atoms with Crippen LogP contribution in [-0.2, 0) is 11.2 Å². The summed E-state index contributed by atoms with van der Waals surface area (Å²) in [5.41, 5.74) is 7.27. The van der Waals surface area contributed by atoms with Crippen LogP contribution in [0.2, 0.25) is 0 Å². The lowest BCUT2D eigenvalue weighted by Gasteiger charge is -2.18. The molecule has 2 heterocycles. The first-order chi connectivity index (χ1) is 13.6. The molecule has 0 saturated heterocycles. The summed E-state index contributed by atoms with van der Waals surface area (Å²) in [6.45, 7) is 2.67. The number of fused-ring (bicyclic) bond motifs is 2. The number of ether oxygens (including phenoxy) is 3. The molecule has 7 heteroatoms. The summed E-state index contributed by atoms with van der Waals surface area (Å²) < 4.78 is 22.3. The lowest BCUT2D eigenvalue weighted by Crippen LogP contribution is -2.20. The van der Waals surface area contributed by atoms with E-state index in [1.165, 1.54) is 6.26 Å². The van der Waals surface area contributed by atoms with Crippen molar-refractivity contribution in [3.8, 4) is 28.4 Å². The maximum absolute atomic E-state index is 13.1. The SMILES string of the molecule is CCc1cc2c(=O)c(-c3ccc4c(c3)OCCO4)coc2cc1OCC(N)=O. The van der Waals surface area contributed by atoms with Crippen LogP contribution >= 0.6 is 0 Å². The van der Waals surface area contributed by atoms with E-state index in [1.54, 1.807) is 30.3 Å². The predicted octanol–water partition coefficient (Wildman–Crippen LogP) is 2.66. The molecular weight excluding hydrogens is 362 g/mol. The largest absolute Gasteiger partial charge is 0.486 e. The van der Waals surface area contributed by atoms with E-state index in [-0.39, 0.29) is 12.0 Å². The number of benzene rings is 2. The van der Waals surface area contributed by atoms with E-state index in [1.807, 2.05) is 6.92 Å². The molecule has 3 aromatic rings. The zero-order chi connectivity index (χ0) is 19.7. The monoisotopic (exact) mass is 381 g/mol. The molecule has 0 spiro atoms. The second kappa shape index (κ2) is 7.26. The number of aryl methyl sites for hydroxylation is 1. The molecule has 4 rings (SSSR count). The van der Waals surface area contributed by atoms with Crippen molar-refractivity contribution in [1.82, 2.24) is 0 Å². The van der Waals surface area contributed by atoms with Crippen molar-refractivity contribution >= 4 is 16.9 Å². The number of nitrogens with two attached hydrogens (primary N) is 1. The molecule has 144 valence electrons. The second-order valence-electron chi connectivity index (χ2n) is 6.40. The minimum atomic E-state index is -0.572. The first-order valence-electron chi connectivity index (χ1n) is 8.96. The summed E-state index contributed by atoms with van der Waals surface area (Å²) in [7, 11) is 0. The first kappa shape index (κ1) is 17.9. The molecule has 1 aliphatic rings. The second-order valence-corrected chi connectivity index (χ2v) is 6.40. The Labute approximate surface area is 160 Å². The Morgan fingerprint density at radius 1 is 1.14 bits per heavy atom. The highest BCUT2D eigenvalue weighted by atomic mass is 16.6. The lowest BCUT2D eigenvalue weighted by molar-refractivity contribution is -0.119. The maximum Gasteiger partial charge on any atom is 0.255 e. The van der Waals surface area contributed by atoms with E-state index in [0.29, 0.717) is 59.0 Å². The van der Waals surface area contributed by atoms with Crippen molar-refractivity contribution in [1.29, 1.82) is 0 Å². The topological polar surface area (TPSA) is 101 Å². The average Bonchev–Trinajstić information content (AvgIpc) is 2.71. The molecule has 1 aromatic heterocycles. The smallest absolute Gasteiger partial charge is 0.255 e. The van der Waals surface area contributed by atoms with Gasteiger partial charge in [0.2, 0.25) is 5.43 Å². The number of hydrogen-bond donors (Lipinski definition) is 1. The molecule has 7 nitrogen and oxygen atoms in total. The zero-order valence-corrected chi connectivity index (χ0v) is 15.3. The Bertz CT molecular complexity index is 1120. The average molecular weight is 381 g/mol. The molecule has 0 atom stereocenters. The van der Waals surface area contributed by atoms with Crippen molar-refractivity contribution in [3.63, 3.8) is 0 Å². The standard InChI is InChI=1S/C21H19NO6/c1-2-12-7-14-18(9-17(12)28-11-20(22)23)27-10-15(21(14)24)13-3-4-16-19(8-13)26-6-5-25-16/h3-4,7-10H,2,5-6,11H2,1H3,(H2,22,23). The van der Waals surface area contributed by atoms with Crippen LogP contribution < -0.4 is 25.4 Å². The van der Waals surface area contributed by atoms with E-state index in [2.05, 4.69) is 0 Å². The third-order valence-corrected chi connectivity index (χ3v) is 4.56. The van der Waals surface area contributed by atoms with Gasteiger partial charge in [0.15, 0.2) is 18.1 Å². The van der Waals surface area contributed by atoms with Gasteiger partial charge in [-0.15, -0.1) is 0 Å². The Morgan fingerprint density at radius 3 is 2.68 bits per heavy atom. The van der Waals surface area contributed by atoms with Gasteiger partial charge >= 0.3 is 0 Å². The fourth-order valence-corrected chi connectivity index (χ4v) is 3.17. The number of carbonyl (C=O) groups excluding carboxylic acids is 1. The highest BCUT2D eigenvalue weighted by Crippen LogP contribution is 2.34. The molecule has 1 aliphatic heterocycles. The zero-order valence-electron chi connectivity index (χ0n) is 15.3. The van der Waals surface area contributed by atoms with Crippen molar-refractivity contribution in [2.24, 2.45) is 5.73 Å². The van der Waals surface area contributed by atoms with Crippen LogP contribution in [0.25, 0.3) is 22.1 Å². The Kier molecular flexibility index (Phi) is 4.65. The molecule has 0 fully saturated rings. The number of rotatable bonds is 5. The van der Waals surface area contributed by atoms with Crippen molar-refractivity contribution < 1.29 is 23.4 Å². The Morgan fingerprint density at radius 2 is 1.93 bits per heavy atom. The predicted molar refractivity (Wildman–Crippen MR) is 103 cm³/mol. The van der Waals surface area contributed by atoms with Crippen LogP contribution in [0, 0.1) is 0 Å². The van der Waals surface area contributed by atoms with Gasteiger partial charge in [0.25, 0.3) is 5.91 Å². The molecule has 0 bridgehead atoms. The van der Waals surface area contributed by atoms with Crippen LogP contribution in [-0.4, -0.2) is 25.7 Å². The van der Waals surface area contributed by atoms with Crippen LogP contribution in [0.4, 0.5) is 0 Å². The van der Waals surface area contributed by atoms with Gasteiger partial charge in [-0.2, -0.15) is 0 Å². The van der Waals surface area contributed by atoms with Crippen molar-refractivity contribution in [2.45, 2.75) is 13.3 Å². The van der Waals surface area contributed by atoms with Gasteiger partial charge < -0.3 is 24.4 Å². The third-order valence-electron chi connectivity index (χ3n) is 4.56. The third kappa shape index (κ3) is 3.26. The molecule has 0 saturated carbocycles. The van der Waals surface area contributed by atoms with Gasteiger partial charge in [-0.05, 0) is 35.7 Å². The van der Waals surface area contributed by atoms with Gasteiger partial charge in [-0.25, -0.2) is 0 Å². The molecular formula is C21H19NO6. The highest BCUT2D eigenvalue weighted by molar-refractivity contribution is 5.84. The molecule has 0 radical (unpaired) electrons. The normalized spacial score (nSPS) is 12.8. The summed E-state index contributed by atoms with van der Waals surface area (Å²) in [6.07, 6.45) is 2.04. The minimum Gasteiger partial charge on any atom is -0.486 e. The van der Waals surface area contributed by atoms with Crippen LogP contribution in [0.1, 0.15) is 12.5 Å². The number of primary amides is 1. The quantitative estimate of drug-likeness (QED) is 0.729.